The molecule has 42 heavy (non-hydrogen) atoms. The topological polar surface area (TPSA) is 93.1 Å². The maximum absolute atomic E-state index is 11.9. The molecule has 0 aliphatic heterocycles. The Morgan fingerprint density at radius 1 is 0.643 bits per heavy atom. The number of carbonyl (C=O) groups excluding carboxylic acids is 2. The minimum Gasteiger partial charge on any atom is -0.463 e. The van der Waals surface area contributed by atoms with Crippen molar-refractivity contribution in [2.75, 3.05) is 13.2 Å². The van der Waals surface area contributed by atoms with Gasteiger partial charge in [0.1, 0.15) is 19.3 Å². The Hall–Kier alpha value is -2.44. The van der Waals surface area contributed by atoms with E-state index in [1.54, 1.807) is 6.08 Å². The van der Waals surface area contributed by atoms with Crippen LogP contribution in [0.1, 0.15) is 124 Å². The van der Waals surface area contributed by atoms with Gasteiger partial charge in [-0.1, -0.05) is 126 Å². The maximum Gasteiger partial charge on any atom is 0.305 e. The molecular formula is C36H60O6. The standard InChI is InChI=1S/C36H60O6/c1-4-32(3)26-22-18-16-17-21-25-29-36(40)42-31-34(38)30-41-35(39)28-24-20-15-13-11-9-7-6-8-10-12-14-19-23-27-33(37)5-2/h7-10,13-15,19,23,27,32-34,37-38H,4-6,11-12,16-18,20-22,24-26,28-31H2,1-3H3/b9-7-,10-8-,15-13-,19-14-,27-23+/t32?,33-,34-/m0/s1. The molecule has 0 fully saturated rings. The molecule has 0 aromatic heterocycles. The van der Waals surface area contributed by atoms with Crippen molar-refractivity contribution in [3.05, 3.63) is 60.8 Å². The molecule has 3 atom stereocenters. The molecule has 1 unspecified atom stereocenters. The Bertz CT molecular complexity index is 795. The molecule has 0 aliphatic carbocycles. The molecule has 0 rings (SSSR count). The van der Waals surface area contributed by atoms with E-state index in [-0.39, 0.29) is 31.3 Å². The molecule has 0 radical (unpaired) electrons. The fraction of sp³-hybridized carbons (Fsp3) is 0.667. The van der Waals surface area contributed by atoms with Gasteiger partial charge < -0.3 is 19.7 Å². The Balaban J connectivity index is 3.65. The molecule has 0 aromatic rings. The number of hydrogen-bond donors (Lipinski definition) is 2. The lowest BCUT2D eigenvalue weighted by molar-refractivity contribution is -0.152. The van der Waals surface area contributed by atoms with Crippen molar-refractivity contribution >= 4 is 11.9 Å². The minimum atomic E-state index is -0.996. The van der Waals surface area contributed by atoms with E-state index in [4.69, 9.17) is 9.47 Å². The van der Waals surface area contributed by atoms with E-state index in [1.165, 1.54) is 32.1 Å². The Kier molecular flexibility index (Phi) is 28.3. The number of rotatable bonds is 27. The van der Waals surface area contributed by atoms with Crippen LogP contribution in [0, 0.1) is 5.92 Å². The van der Waals surface area contributed by atoms with Crippen LogP contribution in [0.15, 0.2) is 60.8 Å². The van der Waals surface area contributed by atoms with Gasteiger partial charge in [-0.3, -0.25) is 9.59 Å². The monoisotopic (exact) mass is 588 g/mol. The highest BCUT2D eigenvalue weighted by Gasteiger charge is 2.12. The van der Waals surface area contributed by atoms with Gasteiger partial charge in [-0.25, -0.2) is 0 Å². The summed E-state index contributed by atoms with van der Waals surface area (Å²) < 4.78 is 10.2. The molecule has 0 bridgehead atoms. The van der Waals surface area contributed by atoms with Crippen LogP contribution < -0.4 is 0 Å². The predicted molar refractivity (Wildman–Crippen MR) is 174 cm³/mol. The second-order valence-corrected chi connectivity index (χ2v) is 11.0. The second-order valence-electron chi connectivity index (χ2n) is 11.0. The van der Waals surface area contributed by atoms with Crippen LogP contribution in [-0.2, 0) is 19.1 Å². The zero-order valence-corrected chi connectivity index (χ0v) is 26.8. The summed E-state index contributed by atoms with van der Waals surface area (Å²) in [6.07, 6.45) is 33.7. The smallest absolute Gasteiger partial charge is 0.305 e. The van der Waals surface area contributed by atoms with Crippen molar-refractivity contribution in [2.45, 2.75) is 136 Å². The van der Waals surface area contributed by atoms with Gasteiger partial charge in [0.05, 0.1) is 6.10 Å². The molecule has 6 heteroatoms. The summed E-state index contributed by atoms with van der Waals surface area (Å²) >= 11 is 0. The summed E-state index contributed by atoms with van der Waals surface area (Å²) in [6.45, 7) is 6.19. The van der Waals surface area contributed by atoms with E-state index in [0.29, 0.717) is 19.3 Å². The first kappa shape index (κ1) is 39.6. The van der Waals surface area contributed by atoms with Crippen LogP contribution in [0.25, 0.3) is 0 Å². The van der Waals surface area contributed by atoms with E-state index in [9.17, 15) is 19.8 Å². The molecule has 0 aliphatic rings. The van der Waals surface area contributed by atoms with E-state index < -0.39 is 6.10 Å². The van der Waals surface area contributed by atoms with Crippen molar-refractivity contribution in [2.24, 2.45) is 5.92 Å². The average molecular weight is 589 g/mol. The predicted octanol–water partition coefficient (Wildman–Crippen LogP) is 8.49. The Morgan fingerprint density at radius 2 is 1.17 bits per heavy atom. The lowest BCUT2D eigenvalue weighted by atomic mass is 10.00. The normalized spacial score (nSPS) is 14.5. The minimum absolute atomic E-state index is 0.146. The summed E-state index contributed by atoms with van der Waals surface area (Å²) in [5, 5.41) is 19.3. The van der Waals surface area contributed by atoms with Crippen molar-refractivity contribution in [3.63, 3.8) is 0 Å². The fourth-order valence-corrected chi connectivity index (χ4v) is 3.93. The highest BCUT2D eigenvalue weighted by Crippen LogP contribution is 2.14. The molecule has 0 heterocycles. The zero-order valence-electron chi connectivity index (χ0n) is 26.8. The van der Waals surface area contributed by atoms with Gasteiger partial charge in [0.15, 0.2) is 0 Å². The summed E-state index contributed by atoms with van der Waals surface area (Å²) in [7, 11) is 0. The number of ether oxygens (including phenoxy) is 2. The molecule has 0 amide bonds. The first-order chi connectivity index (χ1) is 20.4. The highest BCUT2D eigenvalue weighted by molar-refractivity contribution is 5.69. The molecule has 0 spiro atoms. The van der Waals surface area contributed by atoms with Crippen LogP contribution in [0.3, 0.4) is 0 Å². The lowest BCUT2D eigenvalue weighted by Crippen LogP contribution is -2.25. The highest BCUT2D eigenvalue weighted by atomic mass is 16.6. The van der Waals surface area contributed by atoms with Crippen molar-refractivity contribution < 1.29 is 29.3 Å². The van der Waals surface area contributed by atoms with Gasteiger partial charge in [-0.15, -0.1) is 0 Å². The van der Waals surface area contributed by atoms with Crippen LogP contribution >= 0.6 is 0 Å². The number of carbonyl (C=O) groups is 2. The summed E-state index contributed by atoms with van der Waals surface area (Å²) in [5.41, 5.74) is 0. The summed E-state index contributed by atoms with van der Waals surface area (Å²) in [6, 6.07) is 0. The van der Waals surface area contributed by atoms with Crippen molar-refractivity contribution in [1.82, 2.24) is 0 Å². The Labute approximate surface area is 256 Å². The van der Waals surface area contributed by atoms with E-state index in [1.807, 2.05) is 19.1 Å². The number of esters is 2. The molecule has 6 nitrogen and oxygen atoms in total. The van der Waals surface area contributed by atoms with Crippen LogP contribution in [-0.4, -0.2) is 47.6 Å². The molecule has 0 saturated carbocycles. The fourth-order valence-electron chi connectivity index (χ4n) is 3.93. The van der Waals surface area contributed by atoms with Gasteiger partial charge >= 0.3 is 11.9 Å². The maximum atomic E-state index is 11.9. The van der Waals surface area contributed by atoms with Gasteiger partial charge in [-0.05, 0) is 50.9 Å². The SMILES string of the molecule is CCC(C)CCCCCCCCC(=O)OC[C@@H](O)COC(=O)CCC/C=C\C/C=C\C/C=C\C/C=C\C=C\[C@@H](O)CC. The summed E-state index contributed by atoms with van der Waals surface area (Å²) in [4.78, 5) is 23.7. The molecule has 0 aromatic carbocycles. The zero-order chi connectivity index (χ0) is 31.1. The second kappa shape index (κ2) is 30.0. The third kappa shape index (κ3) is 29.1. The van der Waals surface area contributed by atoms with Gasteiger partial charge in [0, 0.05) is 12.8 Å². The molecular weight excluding hydrogens is 528 g/mol. The largest absolute Gasteiger partial charge is 0.463 e. The molecule has 0 saturated heterocycles. The number of hydrogen-bond acceptors (Lipinski definition) is 6. The van der Waals surface area contributed by atoms with Crippen LogP contribution in [0.5, 0.6) is 0 Å². The Morgan fingerprint density at radius 3 is 1.76 bits per heavy atom. The van der Waals surface area contributed by atoms with E-state index in [0.717, 1.165) is 57.3 Å². The van der Waals surface area contributed by atoms with Gasteiger partial charge in [0.25, 0.3) is 0 Å². The third-order valence-electron chi connectivity index (χ3n) is 6.97. The third-order valence-corrected chi connectivity index (χ3v) is 6.97. The van der Waals surface area contributed by atoms with E-state index >= 15 is 0 Å². The number of aliphatic hydroxyl groups is 2. The quantitative estimate of drug-likeness (QED) is 0.0433. The van der Waals surface area contributed by atoms with Crippen LogP contribution in [0.2, 0.25) is 0 Å². The van der Waals surface area contributed by atoms with E-state index in [2.05, 4.69) is 56.4 Å². The molecule has 240 valence electrons. The number of allylic oxidation sites excluding steroid dienone is 9. The first-order valence-electron chi connectivity index (χ1n) is 16.3. The first-order valence-corrected chi connectivity index (χ1v) is 16.3. The van der Waals surface area contributed by atoms with Crippen molar-refractivity contribution in [3.8, 4) is 0 Å². The summed E-state index contributed by atoms with van der Waals surface area (Å²) in [5.74, 6) is 0.158. The number of aliphatic hydroxyl groups excluding tert-OH is 2. The van der Waals surface area contributed by atoms with Gasteiger partial charge in [-0.2, -0.15) is 0 Å². The molecule has 2 N–H and O–H groups in total. The van der Waals surface area contributed by atoms with Gasteiger partial charge in [0.2, 0.25) is 0 Å². The average Bonchev–Trinajstić information content (AvgIpc) is 2.99. The number of unbranched alkanes of at least 4 members (excludes halogenated alkanes) is 6. The lowest BCUT2D eigenvalue weighted by Gasteiger charge is -2.12. The van der Waals surface area contributed by atoms with Crippen molar-refractivity contribution in [1.29, 1.82) is 0 Å². The van der Waals surface area contributed by atoms with Crippen LogP contribution in [0.4, 0.5) is 0 Å².